The van der Waals surface area contributed by atoms with Crippen molar-refractivity contribution in [3.8, 4) is 5.69 Å². The lowest BCUT2D eigenvalue weighted by atomic mass is 10.2. The number of nitrogens with two attached hydrogens (primary N) is 1. The van der Waals surface area contributed by atoms with Gasteiger partial charge in [-0.2, -0.15) is 0 Å². The summed E-state index contributed by atoms with van der Waals surface area (Å²) in [6.07, 6.45) is 3.31. The normalized spacial score (nSPS) is 10.5. The van der Waals surface area contributed by atoms with Crippen LogP contribution < -0.4 is 5.73 Å². The predicted molar refractivity (Wildman–Crippen MR) is 71.8 cm³/mol. The maximum atomic E-state index is 14.2. The molecule has 0 unspecified atom stereocenters. The zero-order valence-electron chi connectivity index (χ0n) is 8.95. The average molecular weight is 314 g/mol. The van der Waals surface area contributed by atoms with Crippen LogP contribution in [0.2, 0.25) is 0 Å². The lowest BCUT2D eigenvalue weighted by Gasteiger charge is -2.10. The maximum Gasteiger partial charge on any atom is 0.162 e. The molecule has 88 valence electrons. The third-order valence-corrected chi connectivity index (χ3v) is 3.41. The van der Waals surface area contributed by atoms with Gasteiger partial charge in [0, 0.05) is 18.0 Å². The van der Waals surface area contributed by atoms with Gasteiger partial charge in [0.15, 0.2) is 5.82 Å². The summed E-state index contributed by atoms with van der Waals surface area (Å²) in [6, 6.07) is 3.31. The van der Waals surface area contributed by atoms with Gasteiger partial charge in [-0.3, -0.25) is 0 Å². The Hall–Kier alpha value is -1.27. The van der Waals surface area contributed by atoms with Gasteiger partial charge in [0.25, 0.3) is 0 Å². The van der Waals surface area contributed by atoms with Gasteiger partial charge in [-0.25, -0.2) is 9.37 Å². The highest BCUT2D eigenvalue weighted by Gasteiger charge is 2.14. The van der Waals surface area contributed by atoms with Crippen LogP contribution in [-0.2, 0) is 0 Å². The highest BCUT2D eigenvalue weighted by molar-refractivity contribution is 9.10. The molecule has 2 rings (SSSR count). The van der Waals surface area contributed by atoms with E-state index in [0.29, 0.717) is 17.1 Å². The van der Waals surface area contributed by atoms with E-state index in [-0.39, 0.29) is 9.46 Å². The van der Waals surface area contributed by atoms with Crippen molar-refractivity contribution in [3.63, 3.8) is 0 Å². The van der Waals surface area contributed by atoms with Crippen LogP contribution in [-0.4, -0.2) is 14.5 Å². The van der Waals surface area contributed by atoms with Gasteiger partial charge in [0.2, 0.25) is 0 Å². The SMILES string of the molecule is Cc1nccn1-c1ccc(C(N)=S)c(Br)c1F. The van der Waals surface area contributed by atoms with Crippen molar-refractivity contribution in [2.75, 3.05) is 0 Å². The molecule has 1 heterocycles. The van der Waals surface area contributed by atoms with Gasteiger partial charge < -0.3 is 10.3 Å². The molecule has 1 aromatic carbocycles. The molecule has 6 heteroatoms. The van der Waals surface area contributed by atoms with Crippen LogP contribution >= 0.6 is 28.1 Å². The summed E-state index contributed by atoms with van der Waals surface area (Å²) >= 11 is 8.01. The number of halogens is 2. The minimum absolute atomic E-state index is 0.157. The number of rotatable bonds is 2. The number of benzene rings is 1. The Bertz CT molecular complexity index is 594. The molecule has 0 saturated heterocycles. The van der Waals surface area contributed by atoms with Gasteiger partial charge in [-0.05, 0) is 35.0 Å². The summed E-state index contributed by atoms with van der Waals surface area (Å²) in [5, 5.41) is 0. The number of aromatic nitrogens is 2. The topological polar surface area (TPSA) is 43.8 Å². The Kier molecular flexibility index (Phi) is 3.26. The highest BCUT2D eigenvalue weighted by Crippen LogP contribution is 2.26. The van der Waals surface area contributed by atoms with Gasteiger partial charge in [0.05, 0.1) is 10.2 Å². The Morgan fingerprint density at radius 1 is 1.53 bits per heavy atom. The molecule has 0 spiro atoms. The number of imidazole rings is 1. The third kappa shape index (κ3) is 2.10. The first-order chi connectivity index (χ1) is 8.02. The molecule has 0 aliphatic rings. The van der Waals surface area contributed by atoms with Gasteiger partial charge in [-0.1, -0.05) is 12.2 Å². The van der Waals surface area contributed by atoms with Crippen LogP contribution in [0.15, 0.2) is 29.0 Å². The Labute approximate surface area is 112 Å². The van der Waals surface area contributed by atoms with Crippen LogP contribution in [0.4, 0.5) is 4.39 Å². The Balaban J connectivity index is 2.63. The van der Waals surface area contributed by atoms with Crippen molar-refractivity contribution >= 4 is 33.1 Å². The fourth-order valence-corrected chi connectivity index (χ4v) is 2.40. The molecule has 0 radical (unpaired) electrons. The van der Waals surface area contributed by atoms with Crippen molar-refractivity contribution in [2.45, 2.75) is 6.92 Å². The molecule has 2 N–H and O–H groups in total. The van der Waals surface area contributed by atoms with Gasteiger partial charge >= 0.3 is 0 Å². The summed E-state index contributed by atoms with van der Waals surface area (Å²) < 4.78 is 16.1. The second kappa shape index (κ2) is 4.54. The molecular formula is C11H9BrFN3S. The fourth-order valence-electron chi connectivity index (χ4n) is 1.55. The molecule has 0 fully saturated rings. The van der Waals surface area contributed by atoms with E-state index in [0.717, 1.165) is 0 Å². The number of thiocarbonyl (C=S) groups is 1. The summed E-state index contributed by atoms with van der Waals surface area (Å²) in [4.78, 5) is 4.21. The summed E-state index contributed by atoms with van der Waals surface area (Å²) in [7, 11) is 0. The molecule has 0 amide bonds. The number of aryl methyl sites for hydroxylation is 1. The first-order valence-electron chi connectivity index (χ1n) is 4.80. The molecular weight excluding hydrogens is 305 g/mol. The first kappa shape index (κ1) is 12.2. The summed E-state index contributed by atoms with van der Waals surface area (Å²) in [5.41, 5.74) is 6.39. The minimum Gasteiger partial charge on any atom is -0.389 e. The van der Waals surface area contributed by atoms with Crippen LogP contribution in [0.25, 0.3) is 5.69 Å². The van der Waals surface area contributed by atoms with E-state index in [2.05, 4.69) is 20.9 Å². The zero-order chi connectivity index (χ0) is 12.6. The fraction of sp³-hybridized carbons (Fsp3) is 0.0909. The quantitative estimate of drug-likeness (QED) is 0.867. The Morgan fingerprint density at radius 3 is 2.76 bits per heavy atom. The van der Waals surface area contributed by atoms with Crippen molar-refractivity contribution in [1.82, 2.24) is 9.55 Å². The predicted octanol–water partition coefficient (Wildman–Crippen LogP) is 2.72. The molecule has 3 nitrogen and oxygen atoms in total. The van der Waals surface area contributed by atoms with E-state index in [4.69, 9.17) is 18.0 Å². The van der Waals surface area contributed by atoms with Crippen molar-refractivity contribution < 1.29 is 4.39 Å². The maximum absolute atomic E-state index is 14.2. The summed E-state index contributed by atoms with van der Waals surface area (Å²) in [6.45, 7) is 1.80. The van der Waals surface area contributed by atoms with Crippen molar-refractivity contribution in [3.05, 3.63) is 46.2 Å². The van der Waals surface area contributed by atoms with Crippen molar-refractivity contribution in [1.29, 1.82) is 0 Å². The molecule has 2 aromatic rings. The van der Waals surface area contributed by atoms with Crippen LogP contribution in [0.1, 0.15) is 11.4 Å². The van der Waals surface area contributed by atoms with Crippen LogP contribution in [0, 0.1) is 12.7 Å². The number of hydrogen-bond acceptors (Lipinski definition) is 2. The number of hydrogen-bond donors (Lipinski definition) is 1. The molecule has 0 saturated carbocycles. The molecule has 17 heavy (non-hydrogen) atoms. The Morgan fingerprint density at radius 2 is 2.24 bits per heavy atom. The van der Waals surface area contributed by atoms with E-state index in [1.165, 1.54) is 0 Å². The molecule has 0 aliphatic heterocycles. The van der Waals surface area contributed by atoms with E-state index in [1.54, 1.807) is 36.0 Å². The highest BCUT2D eigenvalue weighted by atomic mass is 79.9. The van der Waals surface area contributed by atoms with Crippen molar-refractivity contribution in [2.24, 2.45) is 5.73 Å². The average Bonchev–Trinajstić information content (AvgIpc) is 2.68. The lowest BCUT2D eigenvalue weighted by Crippen LogP contribution is -2.12. The molecule has 0 bridgehead atoms. The smallest absolute Gasteiger partial charge is 0.162 e. The van der Waals surface area contributed by atoms with Crippen LogP contribution in [0.3, 0.4) is 0 Å². The van der Waals surface area contributed by atoms with E-state index in [1.807, 2.05) is 0 Å². The molecule has 0 aliphatic carbocycles. The van der Waals surface area contributed by atoms with E-state index < -0.39 is 5.82 Å². The van der Waals surface area contributed by atoms with E-state index in [9.17, 15) is 4.39 Å². The second-order valence-corrected chi connectivity index (χ2v) is 4.70. The van der Waals surface area contributed by atoms with E-state index >= 15 is 0 Å². The molecule has 1 aromatic heterocycles. The minimum atomic E-state index is -0.406. The standard InChI is InChI=1S/C11H9BrFN3S/c1-6-15-4-5-16(6)8-3-2-7(11(14)17)9(12)10(8)13/h2-5H,1H3,(H2,14,17). The van der Waals surface area contributed by atoms with Crippen LogP contribution in [0.5, 0.6) is 0 Å². The summed E-state index contributed by atoms with van der Waals surface area (Å²) in [5.74, 6) is 0.301. The van der Waals surface area contributed by atoms with Gasteiger partial charge in [-0.15, -0.1) is 0 Å². The first-order valence-corrected chi connectivity index (χ1v) is 6.00. The zero-order valence-corrected chi connectivity index (χ0v) is 11.3. The number of nitrogens with zero attached hydrogens (tertiary/aromatic N) is 2. The van der Waals surface area contributed by atoms with Gasteiger partial charge in [0.1, 0.15) is 10.8 Å². The molecule has 0 atom stereocenters. The third-order valence-electron chi connectivity index (χ3n) is 2.41. The lowest BCUT2D eigenvalue weighted by molar-refractivity contribution is 0.609. The monoisotopic (exact) mass is 313 g/mol. The second-order valence-electron chi connectivity index (χ2n) is 3.47. The largest absolute Gasteiger partial charge is 0.389 e.